The summed E-state index contributed by atoms with van der Waals surface area (Å²) in [7, 11) is 0. The molecule has 2 heteroatoms. The number of rotatable bonds is 1. The minimum absolute atomic E-state index is 0. The van der Waals surface area contributed by atoms with E-state index < -0.39 is 5.97 Å². The summed E-state index contributed by atoms with van der Waals surface area (Å²) in [6.45, 7) is 1.54. The maximum absolute atomic E-state index is 9.26. The zero-order valence-corrected chi connectivity index (χ0v) is 3.02. The molecule has 0 radical (unpaired) electrons. The van der Waals surface area contributed by atoms with E-state index in [1.54, 1.807) is 0 Å². The summed E-state index contributed by atoms with van der Waals surface area (Å²) in [5.74, 6) is -0.995. The fourth-order valence-electron chi connectivity index (χ4n) is 0. The van der Waals surface area contributed by atoms with E-state index in [1.807, 2.05) is 0 Å². The minimum atomic E-state index is -0.995. The molecular formula is C4H9O2-. The van der Waals surface area contributed by atoms with Crippen LogP contribution in [-0.2, 0) is 4.79 Å². The van der Waals surface area contributed by atoms with E-state index in [9.17, 15) is 9.90 Å². The van der Waals surface area contributed by atoms with Crippen molar-refractivity contribution in [2.24, 2.45) is 0 Å². The first-order chi connectivity index (χ1) is 2.27. The third-order valence-electron chi connectivity index (χ3n) is 0.289. The summed E-state index contributed by atoms with van der Waals surface area (Å²) >= 11 is 0. The largest absolute Gasteiger partial charge is 0.550 e. The van der Waals surface area contributed by atoms with Crippen molar-refractivity contribution in [2.75, 3.05) is 0 Å². The topological polar surface area (TPSA) is 40.1 Å². The summed E-state index contributed by atoms with van der Waals surface area (Å²) < 4.78 is 0. The highest BCUT2D eigenvalue weighted by Crippen LogP contribution is 1.61. The lowest BCUT2D eigenvalue weighted by molar-refractivity contribution is -0.305. The molecule has 0 spiro atoms. The molecule has 0 bridgehead atoms. The van der Waals surface area contributed by atoms with Crippen molar-refractivity contribution in [3.8, 4) is 0 Å². The van der Waals surface area contributed by atoms with Gasteiger partial charge in [-0.3, -0.25) is 0 Å². The first-order valence-corrected chi connectivity index (χ1v) is 1.47. The van der Waals surface area contributed by atoms with Gasteiger partial charge in [0.2, 0.25) is 0 Å². The van der Waals surface area contributed by atoms with Gasteiger partial charge in [-0.25, -0.2) is 0 Å². The van der Waals surface area contributed by atoms with Gasteiger partial charge in [-0.15, -0.1) is 0 Å². The zero-order valence-electron chi connectivity index (χ0n) is 3.02. The van der Waals surface area contributed by atoms with Gasteiger partial charge in [0.25, 0.3) is 0 Å². The highest BCUT2D eigenvalue weighted by atomic mass is 16.4. The molecular weight excluding hydrogens is 80.0 g/mol. The Morgan fingerprint density at radius 3 is 2.00 bits per heavy atom. The van der Waals surface area contributed by atoms with Crippen LogP contribution in [0.5, 0.6) is 0 Å². The Labute approximate surface area is 37.8 Å². The van der Waals surface area contributed by atoms with E-state index in [4.69, 9.17) is 0 Å². The molecule has 0 amide bonds. The van der Waals surface area contributed by atoms with Crippen molar-refractivity contribution < 1.29 is 9.90 Å². The van der Waals surface area contributed by atoms with Gasteiger partial charge in [-0.05, 0) is 6.42 Å². The molecule has 0 saturated carbocycles. The third kappa shape index (κ3) is 9.80. The van der Waals surface area contributed by atoms with E-state index in [0.29, 0.717) is 0 Å². The van der Waals surface area contributed by atoms with E-state index in [2.05, 4.69) is 0 Å². The van der Waals surface area contributed by atoms with Crippen molar-refractivity contribution >= 4 is 5.97 Å². The average molecular weight is 89.1 g/mol. The number of hydrogen-bond acceptors (Lipinski definition) is 2. The van der Waals surface area contributed by atoms with E-state index in [1.165, 1.54) is 6.92 Å². The quantitative estimate of drug-likeness (QED) is 0.445. The fourth-order valence-corrected chi connectivity index (χ4v) is 0. The normalized spacial score (nSPS) is 6.17. The summed E-state index contributed by atoms with van der Waals surface area (Å²) in [5, 5.41) is 9.26. The molecule has 0 atom stereocenters. The molecule has 0 aromatic carbocycles. The smallest absolute Gasteiger partial charge is 0.0411 e. The van der Waals surface area contributed by atoms with Crippen LogP contribution in [0.1, 0.15) is 20.8 Å². The Morgan fingerprint density at radius 1 is 1.83 bits per heavy atom. The second-order valence-corrected chi connectivity index (χ2v) is 0.726. The average Bonchev–Trinajstić information content (AvgIpc) is 1.38. The summed E-state index contributed by atoms with van der Waals surface area (Å²) in [6.07, 6.45) is 0.111. The summed E-state index contributed by atoms with van der Waals surface area (Å²) in [6, 6.07) is 0. The van der Waals surface area contributed by atoms with Crippen LogP contribution < -0.4 is 5.11 Å². The lowest BCUT2D eigenvalue weighted by Crippen LogP contribution is -2.19. The first kappa shape index (κ1) is 9.08. The van der Waals surface area contributed by atoms with Gasteiger partial charge in [0.1, 0.15) is 0 Å². The molecule has 0 aromatic heterocycles. The molecule has 0 aliphatic rings. The van der Waals surface area contributed by atoms with Crippen LogP contribution in [-0.4, -0.2) is 5.97 Å². The second-order valence-electron chi connectivity index (χ2n) is 0.726. The van der Waals surface area contributed by atoms with Gasteiger partial charge in [0.05, 0.1) is 0 Å². The third-order valence-corrected chi connectivity index (χ3v) is 0.289. The lowest BCUT2D eigenvalue weighted by Gasteiger charge is -1.87. The lowest BCUT2D eigenvalue weighted by atomic mass is 10.5. The number of hydrogen-bond donors (Lipinski definition) is 0. The van der Waals surface area contributed by atoms with Gasteiger partial charge in [0, 0.05) is 5.97 Å². The Kier molecular flexibility index (Phi) is 6.76. The molecule has 0 rings (SSSR count). The van der Waals surface area contributed by atoms with Crippen LogP contribution in [0, 0.1) is 0 Å². The molecule has 0 aromatic rings. The van der Waals surface area contributed by atoms with Crippen LogP contribution in [0.3, 0.4) is 0 Å². The maximum Gasteiger partial charge on any atom is 0.0411 e. The van der Waals surface area contributed by atoms with Gasteiger partial charge in [0.15, 0.2) is 0 Å². The summed E-state index contributed by atoms with van der Waals surface area (Å²) in [4.78, 5) is 9.26. The van der Waals surface area contributed by atoms with Crippen molar-refractivity contribution in [2.45, 2.75) is 20.8 Å². The molecule has 6 heavy (non-hydrogen) atoms. The van der Waals surface area contributed by atoms with Gasteiger partial charge >= 0.3 is 0 Å². The van der Waals surface area contributed by atoms with Gasteiger partial charge < -0.3 is 9.90 Å². The van der Waals surface area contributed by atoms with Crippen molar-refractivity contribution in [3.05, 3.63) is 0 Å². The molecule has 0 heterocycles. The van der Waals surface area contributed by atoms with Gasteiger partial charge in [-0.1, -0.05) is 14.4 Å². The van der Waals surface area contributed by atoms with Crippen LogP contribution >= 0.6 is 0 Å². The molecule has 2 nitrogen and oxygen atoms in total. The Morgan fingerprint density at radius 2 is 2.00 bits per heavy atom. The number of carboxylic acids is 1. The van der Waals surface area contributed by atoms with Crippen molar-refractivity contribution in [3.63, 3.8) is 0 Å². The first-order valence-electron chi connectivity index (χ1n) is 1.47. The predicted octanol–water partition coefficient (Wildman–Crippen LogP) is -0.218. The Hall–Kier alpha value is -0.530. The SMILES string of the molecule is C.CCC(=O)[O-]. The van der Waals surface area contributed by atoms with E-state index >= 15 is 0 Å². The Bertz CT molecular complexity index is 40.8. The second kappa shape index (κ2) is 4.47. The van der Waals surface area contributed by atoms with Crippen LogP contribution in [0.25, 0.3) is 0 Å². The Balaban J connectivity index is 0. The number of aliphatic carboxylic acids is 1. The predicted molar refractivity (Wildman–Crippen MR) is 22.0 cm³/mol. The molecule has 0 aliphatic heterocycles. The highest BCUT2D eigenvalue weighted by molar-refractivity contribution is 5.63. The number of carboxylic acid groups (broad SMARTS) is 1. The molecule has 38 valence electrons. The minimum Gasteiger partial charge on any atom is -0.550 e. The standard InChI is InChI=1S/C3H6O2.CH4/c1-2-3(4)5;/h2H2,1H3,(H,4,5);1H4/p-1. The fraction of sp³-hybridized carbons (Fsp3) is 0.750. The zero-order chi connectivity index (χ0) is 4.28. The molecule has 0 fully saturated rings. The van der Waals surface area contributed by atoms with Crippen LogP contribution in [0.4, 0.5) is 0 Å². The number of carbonyl (C=O) groups excluding carboxylic acids is 1. The van der Waals surface area contributed by atoms with E-state index in [0.717, 1.165) is 0 Å². The van der Waals surface area contributed by atoms with Crippen LogP contribution in [0.15, 0.2) is 0 Å². The van der Waals surface area contributed by atoms with Crippen molar-refractivity contribution in [1.82, 2.24) is 0 Å². The molecule has 0 aliphatic carbocycles. The highest BCUT2D eigenvalue weighted by Gasteiger charge is 1.65. The molecule has 0 unspecified atom stereocenters. The van der Waals surface area contributed by atoms with Crippen molar-refractivity contribution in [1.29, 1.82) is 0 Å². The van der Waals surface area contributed by atoms with Gasteiger partial charge in [-0.2, -0.15) is 0 Å². The van der Waals surface area contributed by atoms with Crippen LogP contribution in [0.2, 0.25) is 0 Å². The maximum atomic E-state index is 9.26. The molecule has 0 saturated heterocycles. The molecule has 0 N–H and O–H groups in total. The summed E-state index contributed by atoms with van der Waals surface area (Å²) in [5.41, 5.74) is 0. The monoisotopic (exact) mass is 89.1 g/mol. The number of carbonyl (C=O) groups is 1. The van der Waals surface area contributed by atoms with E-state index in [-0.39, 0.29) is 13.8 Å².